The van der Waals surface area contributed by atoms with Crippen molar-refractivity contribution in [3.63, 3.8) is 0 Å². The first-order valence-corrected chi connectivity index (χ1v) is 10.7. The summed E-state index contributed by atoms with van der Waals surface area (Å²) in [5.41, 5.74) is 0.891. The molecule has 0 saturated carbocycles. The first-order valence-electron chi connectivity index (χ1n) is 9.20. The molecular weight excluding hydrogens is 477 g/mol. The number of sulfonamides is 1. The van der Waals surface area contributed by atoms with Crippen molar-refractivity contribution in [3.8, 4) is 0 Å². The molecular formula is C18H32IN5O2S. The number of benzene rings is 1. The maximum absolute atomic E-state index is 11.9. The van der Waals surface area contributed by atoms with E-state index in [-0.39, 0.29) is 28.9 Å². The minimum absolute atomic E-state index is 0. The predicted molar refractivity (Wildman–Crippen MR) is 121 cm³/mol. The van der Waals surface area contributed by atoms with Gasteiger partial charge in [-0.2, -0.15) is 0 Å². The molecule has 0 amide bonds. The van der Waals surface area contributed by atoms with Crippen molar-refractivity contribution in [2.24, 2.45) is 4.99 Å². The number of hydrogen-bond donors (Lipinski definition) is 3. The second-order valence-corrected chi connectivity index (χ2v) is 8.43. The Kier molecular flexibility index (Phi) is 10.6. The summed E-state index contributed by atoms with van der Waals surface area (Å²) in [6.07, 6.45) is 3.41. The molecule has 154 valence electrons. The molecule has 0 unspecified atom stereocenters. The summed E-state index contributed by atoms with van der Waals surface area (Å²) in [6, 6.07) is 7.34. The standard InChI is InChI=1S/C18H31N5O2S.HI/c1-4-10-23-11-8-16(9-12-23)22-18(19-2)21-14-15-6-5-7-17(13-15)26(24,25)20-3;/h5-7,13,16,20H,4,8-12,14H2,1-3H3,(H2,19,21,22);1H. The molecule has 1 aromatic rings. The predicted octanol–water partition coefficient (Wildman–Crippen LogP) is 1.75. The molecule has 7 nitrogen and oxygen atoms in total. The highest BCUT2D eigenvalue weighted by Gasteiger charge is 2.19. The molecule has 3 N–H and O–H groups in total. The Morgan fingerprint density at radius 1 is 1.30 bits per heavy atom. The molecule has 9 heteroatoms. The summed E-state index contributed by atoms with van der Waals surface area (Å²) in [5.74, 6) is 0.751. The van der Waals surface area contributed by atoms with Crippen LogP contribution in [0.25, 0.3) is 0 Å². The number of guanidine groups is 1. The van der Waals surface area contributed by atoms with E-state index in [1.54, 1.807) is 25.2 Å². The molecule has 0 aromatic heterocycles. The molecule has 1 fully saturated rings. The Labute approximate surface area is 180 Å². The van der Waals surface area contributed by atoms with Crippen molar-refractivity contribution in [2.75, 3.05) is 33.7 Å². The Bertz CT molecular complexity index is 703. The fourth-order valence-electron chi connectivity index (χ4n) is 3.13. The highest BCUT2D eigenvalue weighted by atomic mass is 127. The maximum Gasteiger partial charge on any atom is 0.240 e. The SMILES string of the molecule is CCCN1CCC(NC(=NC)NCc2cccc(S(=O)(=O)NC)c2)CC1.I. The lowest BCUT2D eigenvalue weighted by molar-refractivity contribution is 0.206. The fourth-order valence-corrected chi connectivity index (χ4v) is 3.93. The van der Waals surface area contributed by atoms with E-state index in [1.165, 1.54) is 20.0 Å². The summed E-state index contributed by atoms with van der Waals surface area (Å²) in [7, 11) is -0.258. The highest BCUT2D eigenvalue weighted by molar-refractivity contribution is 14.0. The molecule has 0 bridgehead atoms. The second-order valence-electron chi connectivity index (χ2n) is 6.54. The number of halogens is 1. The van der Waals surface area contributed by atoms with Crippen LogP contribution in [0.2, 0.25) is 0 Å². The van der Waals surface area contributed by atoms with Crippen LogP contribution in [0, 0.1) is 0 Å². The van der Waals surface area contributed by atoms with Crippen molar-refractivity contribution in [2.45, 2.75) is 43.7 Å². The van der Waals surface area contributed by atoms with E-state index in [4.69, 9.17) is 0 Å². The zero-order valence-electron chi connectivity index (χ0n) is 16.4. The summed E-state index contributed by atoms with van der Waals surface area (Å²) in [5, 5.41) is 6.75. The number of nitrogens with zero attached hydrogens (tertiary/aromatic N) is 2. The van der Waals surface area contributed by atoms with Gasteiger partial charge in [0.15, 0.2) is 5.96 Å². The Morgan fingerprint density at radius 3 is 2.59 bits per heavy atom. The normalized spacial score (nSPS) is 16.6. The average molecular weight is 509 g/mol. The smallest absolute Gasteiger partial charge is 0.240 e. The van der Waals surface area contributed by atoms with E-state index in [9.17, 15) is 8.42 Å². The maximum atomic E-state index is 11.9. The number of rotatable bonds is 7. The van der Waals surface area contributed by atoms with Gasteiger partial charge < -0.3 is 15.5 Å². The molecule has 1 heterocycles. The van der Waals surface area contributed by atoms with Crippen molar-refractivity contribution in [3.05, 3.63) is 29.8 Å². The van der Waals surface area contributed by atoms with Gasteiger partial charge in [-0.25, -0.2) is 13.1 Å². The van der Waals surface area contributed by atoms with E-state index in [2.05, 4.69) is 32.2 Å². The minimum Gasteiger partial charge on any atom is -0.354 e. The minimum atomic E-state index is -3.43. The molecule has 1 aromatic carbocycles. The topological polar surface area (TPSA) is 85.8 Å². The van der Waals surface area contributed by atoms with Gasteiger partial charge in [-0.15, -0.1) is 24.0 Å². The molecule has 0 radical (unpaired) electrons. The molecule has 2 rings (SSSR count). The van der Waals surface area contributed by atoms with E-state index < -0.39 is 10.0 Å². The quantitative estimate of drug-likeness (QED) is 0.296. The van der Waals surface area contributed by atoms with Crippen LogP contribution in [0.3, 0.4) is 0 Å². The lowest BCUT2D eigenvalue weighted by atomic mass is 10.1. The molecule has 0 atom stereocenters. The zero-order valence-corrected chi connectivity index (χ0v) is 19.5. The van der Waals surface area contributed by atoms with E-state index in [0.717, 1.165) is 37.5 Å². The lowest BCUT2D eigenvalue weighted by Gasteiger charge is -2.32. The molecule has 27 heavy (non-hydrogen) atoms. The largest absolute Gasteiger partial charge is 0.354 e. The van der Waals surface area contributed by atoms with Gasteiger partial charge in [0.05, 0.1) is 4.90 Å². The summed E-state index contributed by atoms with van der Waals surface area (Å²) < 4.78 is 26.2. The molecule has 0 spiro atoms. The molecule has 1 saturated heterocycles. The molecule has 1 aliphatic rings. The summed E-state index contributed by atoms with van der Waals surface area (Å²) in [6.45, 7) is 6.14. The summed E-state index contributed by atoms with van der Waals surface area (Å²) in [4.78, 5) is 7.06. The fraction of sp³-hybridized carbons (Fsp3) is 0.611. The third kappa shape index (κ3) is 7.55. The van der Waals surface area contributed by atoms with Crippen LogP contribution in [-0.4, -0.2) is 59.0 Å². The van der Waals surface area contributed by atoms with Gasteiger partial charge in [0.2, 0.25) is 10.0 Å². The van der Waals surface area contributed by atoms with Crippen LogP contribution in [-0.2, 0) is 16.6 Å². The summed E-state index contributed by atoms with van der Waals surface area (Å²) >= 11 is 0. The van der Waals surface area contributed by atoms with Crippen LogP contribution < -0.4 is 15.4 Å². The Morgan fingerprint density at radius 2 is 2.00 bits per heavy atom. The van der Waals surface area contributed by atoms with Crippen LogP contribution >= 0.6 is 24.0 Å². The van der Waals surface area contributed by atoms with E-state index >= 15 is 0 Å². The average Bonchev–Trinajstić information content (AvgIpc) is 2.67. The third-order valence-electron chi connectivity index (χ3n) is 4.63. The van der Waals surface area contributed by atoms with Crippen molar-refractivity contribution in [1.82, 2.24) is 20.3 Å². The molecule has 0 aliphatic carbocycles. The second kappa shape index (κ2) is 11.8. The number of aliphatic imine (C=N–C) groups is 1. The van der Waals surface area contributed by atoms with Gasteiger partial charge in [-0.1, -0.05) is 19.1 Å². The monoisotopic (exact) mass is 509 g/mol. The Hall–Kier alpha value is -0.910. The van der Waals surface area contributed by atoms with E-state index in [1.807, 2.05) is 6.07 Å². The Balaban J connectivity index is 0.00000364. The number of hydrogen-bond acceptors (Lipinski definition) is 4. The van der Waals surface area contributed by atoms with Crippen molar-refractivity contribution < 1.29 is 8.42 Å². The zero-order chi connectivity index (χ0) is 19.0. The van der Waals surface area contributed by atoms with Crippen LogP contribution in [0.15, 0.2) is 34.2 Å². The number of piperidine rings is 1. The van der Waals surface area contributed by atoms with Crippen LogP contribution in [0.4, 0.5) is 0 Å². The van der Waals surface area contributed by atoms with E-state index in [0.29, 0.717) is 12.6 Å². The van der Waals surface area contributed by atoms with Gasteiger partial charge in [0, 0.05) is 32.7 Å². The third-order valence-corrected chi connectivity index (χ3v) is 6.04. The van der Waals surface area contributed by atoms with Gasteiger partial charge in [0.1, 0.15) is 0 Å². The van der Waals surface area contributed by atoms with Crippen molar-refractivity contribution >= 4 is 40.0 Å². The first-order chi connectivity index (χ1) is 12.5. The van der Waals surface area contributed by atoms with Crippen molar-refractivity contribution in [1.29, 1.82) is 0 Å². The van der Waals surface area contributed by atoms with Crippen LogP contribution in [0.1, 0.15) is 31.7 Å². The van der Waals surface area contributed by atoms with Gasteiger partial charge in [-0.3, -0.25) is 4.99 Å². The van der Waals surface area contributed by atoms with Crippen LogP contribution in [0.5, 0.6) is 0 Å². The first kappa shape index (κ1) is 24.1. The number of likely N-dealkylation sites (tertiary alicyclic amines) is 1. The number of nitrogens with one attached hydrogen (secondary N) is 3. The van der Waals surface area contributed by atoms with Gasteiger partial charge >= 0.3 is 0 Å². The lowest BCUT2D eigenvalue weighted by Crippen LogP contribution is -2.48. The van der Waals surface area contributed by atoms with Gasteiger partial charge in [-0.05, 0) is 50.6 Å². The molecule has 1 aliphatic heterocycles. The van der Waals surface area contributed by atoms with Gasteiger partial charge in [0.25, 0.3) is 0 Å². The highest BCUT2D eigenvalue weighted by Crippen LogP contribution is 2.12.